The Labute approximate surface area is 152 Å². The van der Waals surface area contributed by atoms with Gasteiger partial charge in [-0.1, -0.05) is 18.2 Å². The number of carbonyl (C=O) groups excluding carboxylic acids is 2. The molecule has 0 bridgehead atoms. The number of ether oxygens (including phenoxy) is 4. The average Bonchev–Trinajstić information content (AvgIpc) is 2.58. The highest BCUT2D eigenvalue weighted by Crippen LogP contribution is 2.16. The van der Waals surface area contributed by atoms with E-state index < -0.39 is 17.7 Å². The first kappa shape index (κ1) is 19.3. The van der Waals surface area contributed by atoms with Crippen LogP contribution in [0.4, 0.5) is 4.79 Å². The number of benzene rings is 2. The summed E-state index contributed by atoms with van der Waals surface area (Å²) in [6.07, 6.45) is -0.800. The summed E-state index contributed by atoms with van der Waals surface area (Å²) in [5.41, 5.74) is -0.288. The van der Waals surface area contributed by atoms with Gasteiger partial charge in [-0.15, -0.1) is 0 Å². The Kier molecular flexibility index (Phi) is 6.60. The minimum Gasteiger partial charge on any atom is -0.490 e. The van der Waals surface area contributed by atoms with Crippen LogP contribution >= 0.6 is 0 Å². The van der Waals surface area contributed by atoms with Crippen molar-refractivity contribution in [2.24, 2.45) is 0 Å². The SMILES string of the molecule is CC(C)(C)OC(=O)Oc1ccc(C(=O)OCCOc2ccccc2)cc1. The monoisotopic (exact) mass is 358 g/mol. The third-order valence-corrected chi connectivity index (χ3v) is 3.01. The minimum absolute atomic E-state index is 0.129. The topological polar surface area (TPSA) is 71.1 Å². The first-order chi connectivity index (χ1) is 12.3. The quantitative estimate of drug-likeness (QED) is 0.437. The van der Waals surface area contributed by atoms with Gasteiger partial charge in [0.15, 0.2) is 0 Å². The van der Waals surface area contributed by atoms with Crippen LogP contribution in [0.25, 0.3) is 0 Å². The number of esters is 1. The molecular weight excluding hydrogens is 336 g/mol. The molecule has 0 fully saturated rings. The molecule has 0 saturated carbocycles. The fourth-order valence-corrected chi connectivity index (χ4v) is 1.92. The second kappa shape index (κ2) is 8.89. The molecule has 0 aliphatic heterocycles. The van der Waals surface area contributed by atoms with E-state index in [0.29, 0.717) is 11.3 Å². The van der Waals surface area contributed by atoms with Crippen LogP contribution in [0.15, 0.2) is 54.6 Å². The van der Waals surface area contributed by atoms with Gasteiger partial charge in [0.2, 0.25) is 0 Å². The second-order valence-corrected chi connectivity index (χ2v) is 6.39. The molecule has 0 aromatic heterocycles. The predicted octanol–water partition coefficient (Wildman–Crippen LogP) is 4.24. The third kappa shape index (κ3) is 6.84. The van der Waals surface area contributed by atoms with E-state index in [1.54, 1.807) is 20.8 Å². The van der Waals surface area contributed by atoms with Crippen molar-refractivity contribution < 1.29 is 28.5 Å². The van der Waals surface area contributed by atoms with Crippen LogP contribution < -0.4 is 9.47 Å². The molecule has 0 amide bonds. The summed E-state index contributed by atoms with van der Waals surface area (Å²) in [6.45, 7) is 5.62. The van der Waals surface area contributed by atoms with Gasteiger partial charge < -0.3 is 18.9 Å². The van der Waals surface area contributed by atoms with Gasteiger partial charge in [-0.25, -0.2) is 9.59 Å². The lowest BCUT2D eigenvalue weighted by atomic mass is 10.2. The molecule has 0 heterocycles. The molecule has 0 aliphatic carbocycles. The molecule has 2 aromatic carbocycles. The predicted molar refractivity (Wildman–Crippen MR) is 95.5 cm³/mol. The molecule has 0 spiro atoms. The van der Waals surface area contributed by atoms with Gasteiger partial charge in [0, 0.05) is 0 Å². The smallest absolute Gasteiger partial charge is 0.490 e. The van der Waals surface area contributed by atoms with Crippen LogP contribution in [0.2, 0.25) is 0 Å². The standard InChI is InChI=1S/C20H22O6/c1-20(2,3)26-19(22)25-17-11-9-15(10-12-17)18(21)24-14-13-23-16-7-5-4-6-8-16/h4-12H,13-14H2,1-3H3. The van der Waals surface area contributed by atoms with Crippen LogP contribution in [0.1, 0.15) is 31.1 Å². The van der Waals surface area contributed by atoms with E-state index in [4.69, 9.17) is 18.9 Å². The highest BCUT2D eigenvalue weighted by Gasteiger charge is 2.18. The maximum absolute atomic E-state index is 12.0. The van der Waals surface area contributed by atoms with E-state index in [9.17, 15) is 9.59 Å². The van der Waals surface area contributed by atoms with Crippen molar-refractivity contribution in [2.45, 2.75) is 26.4 Å². The van der Waals surface area contributed by atoms with Crippen LogP contribution in [0, 0.1) is 0 Å². The largest absolute Gasteiger partial charge is 0.514 e. The Morgan fingerprint density at radius 3 is 2.12 bits per heavy atom. The van der Waals surface area contributed by atoms with E-state index in [-0.39, 0.29) is 19.0 Å². The molecule has 138 valence electrons. The molecule has 0 aliphatic rings. The Bertz CT molecular complexity index is 716. The van der Waals surface area contributed by atoms with E-state index in [1.807, 2.05) is 30.3 Å². The third-order valence-electron chi connectivity index (χ3n) is 3.01. The lowest BCUT2D eigenvalue weighted by Crippen LogP contribution is -2.25. The molecular formula is C20H22O6. The van der Waals surface area contributed by atoms with E-state index in [0.717, 1.165) is 0 Å². The van der Waals surface area contributed by atoms with Crippen LogP contribution in [-0.4, -0.2) is 30.9 Å². The van der Waals surface area contributed by atoms with Gasteiger partial charge in [0.25, 0.3) is 0 Å². The van der Waals surface area contributed by atoms with Gasteiger partial charge in [0.1, 0.15) is 30.3 Å². The summed E-state index contributed by atoms with van der Waals surface area (Å²) in [6, 6.07) is 15.3. The number of rotatable bonds is 6. The Morgan fingerprint density at radius 2 is 1.50 bits per heavy atom. The highest BCUT2D eigenvalue weighted by atomic mass is 16.7. The minimum atomic E-state index is -0.800. The van der Waals surface area contributed by atoms with Crippen LogP contribution in [-0.2, 0) is 9.47 Å². The Balaban J connectivity index is 1.76. The fraction of sp³-hybridized carbons (Fsp3) is 0.300. The molecule has 0 N–H and O–H groups in total. The number of carbonyl (C=O) groups is 2. The van der Waals surface area contributed by atoms with Crippen molar-refractivity contribution in [2.75, 3.05) is 13.2 Å². The second-order valence-electron chi connectivity index (χ2n) is 6.39. The number of para-hydroxylation sites is 1. The van der Waals surface area contributed by atoms with Crippen molar-refractivity contribution in [3.05, 3.63) is 60.2 Å². The van der Waals surface area contributed by atoms with Crippen molar-refractivity contribution in [3.8, 4) is 11.5 Å². The van der Waals surface area contributed by atoms with Gasteiger partial charge in [-0.05, 0) is 57.2 Å². The normalized spacial score (nSPS) is 10.7. The Hall–Kier alpha value is -3.02. The van der Waals surface area contributed by atoms with Gasteiger partial charge in [0.05, 0.1) is 5.56 Å². The molecule has 2 rings (SSSR count). The highest BCUT2D eigenvalue weighted by molar-refractivity contribution is 5.89. The summed E-state index contributed by atoms with van der Waals surface area (Å²) in [4.78, 5) is 23.6. The lowest BCUT2D eigenvalue weighted by molar-refractivity contribution is 0.0206. The summed E-state index contributed by atoms with van der Waals surface area (Å²) < 4.78 is 20.7. The maximum Gasteiger partial charge on any atom is 0.514 e. The molecule has 0 radical (unpaired) electrons. The first-order valence-corrected chi connectivity index (χ1v) is 8.19. The zero-order valence-corrected chi connectivity index (χ0v) is 15.1. The van der Waals surface area contributed by atoms with Crippen LogP contribution in [0.3, 0.4) is 0 Å². The van der Waals surface area contributed by atoms with Crippen molar-refractivity contribution in [3.63, 3.8) is 0 Å². The van der Waals surface area contributed by atoms with Gasteiger partial charge in [-0.2, -0.15) is 0 Å². The summed E-state index contributed by atoms with van der Waals surface area (Å²) >= 11 is 0. The average molecular weight is 358 g/mol. The van der Waals surface area contributed by atoms with E-state index in [2.05, 4.69) is 0 Å². The molecule has 0 atom stereocenters. The molecule has 26 heavy (non-hydrogen) atoms. The Morgan fingerprint density at radius 1 is 0.846 bits per heavy atom. The fourth-order valence-electron chi connectivity index (χ4n) is 1.92. The van der Waals surface area contributed by atoms with Crippen molar-refractivity contribution >= 4 is 12.1 Å². The van der Waals surface area contributed by atoms with E-state index in [1.165, 1.54) is 24.3 Å². The van der Waals surface area contributed by atoms with Crippen molar-refractivity contribution in [1.29, 1.82) is 0 Å². The zero-order valence-electron chi connectivity index (χ0n) is 15.1. The number of hydrogen-bond acceptors (Lipinski definition) is 6. The van der Waals surface area contributed by atoms with Gasteiger partial charge in [-0.3, -0.25) is 0 Å². The molecule has 0 unspecified atom stereocenters. The first-order valence-electron chi connectivity index (χ1n) is 8.19. The zero-order chi connectivity index (χ0) is 19.0. The molecule has 6 heteroatoms. The summed E-state index contributed by atoms with van der Waals surface area (Å²) in [5, 5.41) is 0. The molecule has 6 nitrogen and oxygen atoms in total. The van der Waals surface area contributed by atoms with Gasteiger partial charge >= 0.3 is 12.1 Å². The lowest BCUT2D eigenvalue weighted by Gasteiger charge is -2.18. The number of hydrogen-bond donors (Lipinski definition) is 0. The summed E-state index contributed by atoms with van der Waals surface area (Å²) in [7, 11) is 0. The van der Waals surface area contributed by atoms with E-state index >= 15 is 0 Å². The van der Waals surface area contributed by atoms with Crippen molar-refractivity contribution in [1.82, 2.24) is 0 Å². The molecule has 2 aromatic rings. The molecule has 0 saturated heterocycles. The maximum atomic E-state index is 12.0. The summed E-state index contributed by atoms with van der Waals surface area (Å²) in [5.74, 6) is 0.515. The van der Waals surface area contributed by atoms with Crippen LogP contribution in [0.5, 0.6) is 11.5 Å².